The summed E-state index contributed by atoms with van der Waals surface area (Å²) >= 11 is 8.48. The van der Waals surface area contributed by atoms with Gasteiger partial charge in [0, 0.05) is 17.1 Å². The molecule has 0 unspecified atom stereocenters. The van der Waals surface area contributed by atoms with Crippen molar-refractivity contribution in [2.75, 3.05) is 11.9 Å². The number of hydrogen-bond donors (Lipinski definition) is 1. The van der Waals surface area contributed by atoms with E-state index < -0.39 is 0 Å². The first-order chi connectivity index (χ1) is 9.91. The molecule has 21 heavy (non-hydrogen) atoms. The van der Waals surface area contributed by atoms with Gasteiger partial charge in [0.25, 0.3) is 5.91 Å². The van der Waals surface area contributed by atoms with Crippen molar-refractivity contribution in [3.63, 3.8) is 0 Å². The minimum atomic E-state index is -0.120. The molecule has 0 saturated heterocycles. The number of para-hydroxylation sites is 1. The summed E-state index contributed by atoms with van der Waals surface area (Å²) in [7, 11) is 1.71. The van der Waals surface area contributed by atoms with Crippen molar-refractivity contribution in [2.45, 2.75) is 6.92 Å². The lowest BCUT2D eigenvalue weighted by Gasteiger charge is -2.21. The van der Waals surface area contributed by atoms with Gasteiger partial charge in [0.1, 0.15) is 4.99 Å². The van der Waals surface area contributed by atoms with Crippen LogP contribution in [0.2, 0.25) is 0 Å². The van der Waals surface area contributed by atoms with Gasteiger partial charge >= 0.3 is 0 Å². The summed E-state index contributed by atoms with van der Waals surface area (Å²) in [6.45, 7) is 1.98. The number of aryl methyl sites for hydroxylation is 1. The van der Waals surface area contributed by atoms with Gasteiger partial charge in [0.2, 0.25) is 0 Å². The van der Waals surface area contributed by atoms with Gasteiger partial charge in [-0.3, -0.25) is 4.79 Å². The van der Waals surface area contributed by atoms with Crippen molar-refractivity contribution in [3.05, 3.63) is 63.6 Å². The third kappa shape index (κ3) is 3.31. The van der Waals surface area contributed by atoms with E-state index in [0.29, 0.717) is 16.8 Å². The van der Waals surface area contributed by atoms with E-state index in [4.69, 9.17) is 18.0 Å². The van der Waals surface area contributed by atoms with Gasteiger partial charge in [0.05, 0.1) is 11.3 Å². The molecule has 2 aromatic rings. The van der Waals surface area contributed by atoms with Crippen LogP contribution in [-0.4, -0.2) is 17.9 Å². The number of hydrogen-bond acceptors (Lipinski definition) is 2. The highest BCUT2D eigenvalue weighted by Crippen LogP contribution is 2.24. The number of carbonyl (C=O) groups is 1. The third-order valence-electron chi connectivity index (χ3n) is 3.19. The average molecular weight is 363 g/mol. The van der Waals surface area contributed by atoms with Crippen LogP contribution in [0.4, 0.5) is 5.69 Å². The Morgan fingerprint density at radius 2 is 1.86 bits per heavy atom. The van der Waals surface area contributed by atoms with Gasteiger partial charge in [0.15, 0.2) is 0 Å². The zero-order valence-electron chi connectivity index (χ0n) is 11.8. The highest BCUT2D eigenvalue weighted by atomic mass is 79.9. The molecule has 0 radical (unpaired) electrons. The summed E-state index contributed by atoms with van der Waals surface area (Å²) in [4.78, 5) is 14.5. The number of rotatable bonds is 3. The molecule has 0 aliphatic heterocycles. The predicted molar refractivity (Wildman–Crippen MR) is 93.9 cm³/mol. The van der Waals surface area contributed by atoms with Gasteiger partial charge < -0.3 is 10.6 Å². The number of amides is 1. The molecule has 108 valence electrons. The second-order valence-electron chi connectivity index (χ2n) is 4.73. The van der Waals surface area contributed by atoms with Crippen molar-refractivity contribution in [1.29, 1.82) is 0 Å². The standard InChI is InChI=1S/C16H15BrN2OS/c1-10-7-8-11(13(17)9-10)16(20)19(2)14-6-4-3-5-12(14)15(18)21/h3-9H,1-2H3,(H2,18,21). The third-order valence-corrected chi connectivity index (χ3v) is 4.07. The largest absolute Gasteiger partial charge is 0.389 e. The maximum absolute atomic E-state index is 12.7. The number of nitrogens with two attached hydrogens (primary N) is 1. The van der Waals surface area contributed by atoms with Crippen LogP contribution in [0, 0.1) is 6.92 Å². The van der Waals surface area contributed by atoms with E-state index in [-0.39, 0.29) is 10.9 Å². The topological polar surface area (TPSA) is 46.3 Å². The maximum Gasteiger partial charge on any atom is 0.259 e. The first-order valence-corrected chi connectivity index (χ1v) is 7.55. The van der Waals surface area contributed by atoms with Crippen LogP contribution in [0.1, 0.15) is 21.5 Å². The molecule has 2 aromatic carbocycles. The van der Waals surface area contributed by atoms with E-state index in [1.54, 1.807) is 11.9 Å². The van der Waals surface area contributed by atoms with Crippen LogP contribution in [0.3, 0.4) is 0 Å². The van der Waals surface area contributed by atoms with Gasteiger partial charge in [-0.15, -0.1) is 0 Å². The summed E-state index contributed by atoms with van der Waals surface area (Å²) in [5.74, 6) is -0.120. The zero-order valence-corrected chi connectivity index (χ0v) is 14.2. The van der Waals surface area contributed by atoms with E-state index in [2.05, 4.69) is 15.9 Å². The minimum absolute atomic E-state index is 0.120. The van der Waals surface area contributed by atoms with Crippen LogP contribution in [-0.2, 0) is 0 Å². The Morgan fingerprint density at radius 1 is 1.19 bits per heavy atom. The van der Waals surface area contributed by atoms with Crippen LogP contribution < -0.4 is 10.6 Å². The first kappa shape index (κ1) is 15.7. The molecule has 3 nitrogen and oxygen atoms in total. The summed E-state index contributed by atoms with van der Waals surface area (Å²) in [5, 5.41) is 0. The van der Waals surface area contributed by atoms with Gasteiger partial charge in [-0.05, 0) is 52.7 Å². The van der Waals surface area contributed by atoms with Crippen molar-refractivity contribution in [2.24, 2.45) is 5.73 Å². The molecular weight excluding hydrogens is 348 g/mol. The van der Waals surface area contributed by atoms with Crippen molar-refractivity contribution in [1.82, 2.24) is 0 Å². The summed E-state index contributed by atoms with van der Waals surface area (Å²) in [5.41, 5.74) is 8.79. The maximum atomic E-state index is 12.7. The van der Waals surface area contributed by atoms with Crippen LogP contribution in [0.5, 0.6) is 0 Å². The normalized spacial score (nSPS) is 10.2. The summed E-state index contributed by atoms with van der Waals surface area (Å²) < 4.78 is 0.771. The lowest BCUT2D eigenvalue weighted by Crippen LogP contribution is -2.29. The molecule has 0 aliphatic carbocycles. The van der Waals surface area contributed by atoms with Crippen LogP contribution >= 0.6 is 28.1 Å². The molecule has 2 N–H and O–H groups in total. The van der Waals surface area contributed by atoms with Gasteiger partial charge in [-0.25, -0.2) is 0 Å². The Bertz CT molecular complexity index is 715. The van der Waals surface area contributed by atoms with Crippen molar-refractivity contribution < 1.29 is 4.79 Å². The molecule has 0 fully saturated rings. The molecule has 0 aliphatic rings. The fraction of sp³-hybridized carbons (Fsp3) is 0.125. The molecule has 5 heteroatoms. The second-order valence-corrected chi connectivity index (χ2v) is 6.02. The Kier molecular flexibility index (Phi) is 4.75. The van der Waals surface area contributed by atoms with E-state index in [1.165, 1.54) is 0 Å². The summed E-state index contributed by atoms with van der Waals surface area (Å²) in [6.07, 6.45) is 0. The van der Waals surface area contributed by atoms with Crippen molar-refractivity contribution >= 4 is 44.7 Å². The molecule has 2 rings (SSSR count). The smallest absolute Gasteiger partial charge is 0.259 e. The Hall–Kier alpha value is -1.72. The number of anilines is 1. The Morgan fingerprint density at radius 3 is 2.48 bits per heavy atom. The lowest BCUT2D eigenvalue weighted by atomic mass is 10.1. The fourth-order valence-corrected chi connectivity index (χ4v) is 2.89. The zero-order chi connectivity index (χ0) is 15.6. The Balaban J connectivity index is 2.42. The quantitative estimate of drug-likeness (QED) is 0.847. The average Bonchev–Trinajstić information content (AvgIpc) is 2.45. The number of benzene rings is 2. The SMILES string of the molecule is Cc1ccc(C(=O)N(C)c2ccccc2C(N)=S)c(Br)c1. The monoisotopic (exact) mass is 362 g/mol. The Labute approximate surface area is 137 Å². The van der Waals surface area contributed by atoms with E-state index in [1.807, 2.05) is 49.4 Å². The highest BCUT2D eigenvalue weighted by Gasteiger charge is 2.19. The van der Waals surface area contributed by atoms with Gasteiger partial charge in [-0.1, -0.05) is 30.4 Å². The van der Waals surface area contributed by atoms with E-state index in [9.17, 15) is 4.79 Å². The number of thiocarbonyl (C=S) groups is 1. The minimum Gasteiger partial charge on any atom is -0.389 e. The summed E-state index contributed by atoms with van der Waals surface area (Å²) in [6, 6.07) is 13.0. The first-order valence-electron chi connectivity index (χ1n) is 6.35. The van der Waals surface area contributed by atoms with Gasteiger partial charge in [-0.2, -0.15) is 0 Å². The van der Waals surface area contributed by atoms with Crippen molar-refractivity contribution in [3.8, 4) is 0 Å². The molecule has 0 bridgehead atoms. The predicted octanol–water partition coefficient (Wildman–Crippen LogP) is 3.67. The number of nitrogens with zero attached hydrogens (tertiary/aromatic N) is 1. The molecule has 1 amide bonds. The second kappa shape index (κ2) is 6.37. The number of halogens is 1. The van der Waals surface area contributed by atoms with Crippen LogP contribution in [0.15, 0.2) is 46.9 Å². The van der Waals surface area contributed by atoms with E-state index in [0.717, 1.165) is 10.0 Å². The number of carbonyl (C=O) groups excluding carboxylic acids is 1. The molecule has 0 saturated carbocycles. The lowest BCUT2D eigenvalue weighted by molar-refractivity contribution is 0.0992. The molecule has 0 heterocycles. The fourth-order valence-electron chi connectivity index (χ4n) is 2.06. The molecule has 0 atom stereocenters. The van der Waals surface area contributed by atoms with Crippen LogP contribution in [0.25, 0.3) is 0 Å². The molecule has 0 spiro atoms. The molecule has 0 aromatic heterocycles. The highest BCUT2D eigenvalue weighted by molar-refractivity contribution is 9.10. The molecular formula is C16H15BrN2OS. The van der Waals surface area contributed by atoms with E-state index >= 15 is 0 Å².